The molecule has 5 nitrogen and oxygen atoms in total. The van der Waals surface area contributed by atoms with Crippen molar-refractivity contribution in [3.8, 4) is 0 Å². The van der Waals surface area contributed by atoms with Crippen LogP contribution in [-0.2, 0) is 6.54 Å². The largest absolute Gasteiger partial charge is 0.363 e. The molecule has 1 fully saturated rings. The fourth-order valence-electron chi connectivity index (χ4n) is 1.87. The number of hydrogen-bond donors (Lipinski definition) is 1. The summed E-state index contributed by atoms with van der Waals surface area (Å²) < 4.78 is 0. The van der Waals surface area contributed by atoms with Gasteiger partial charge in [-0.1, -0.05) is 11.3 Å². The van der Waals surface area contributed by atoms with Crippen molar-refractivity contribution in [2.24, 2.45) is 0 Å². The van der Waals surface area contributed by atoms with Gasteiger partial charge in [-0.05, 0) is 26.6 Å². The zero-order valence-electron chi connectivity index (χ0n) is 9.94. The Morgan fingerprint density at radius 2 is 2.12 bits per heavy atom. The fourth-order valence-corrected chi connectivity index (χ4v) is 2.60. The molecule has 0 saturated carbocycles. The normalized spacial score (nSPS) is 19.6. The molecule has 16 heavy (non-hydrogen) atoms. The number of hydrogen-bond acceptors (Lipinski definition) is 6. The van der Waals surface area contributed by atoms with Crippen LogP contribution in [0.5, 0.6) is 0 Å². The molecule has 1 aromatic rings. The summed E-state index contributed by atoms with van der Waals surface area (Å²) in [5, 5.41) is 13.3. The second-order valence-corrected chi connectivity index (χ2v) is 5.25. The lowest BCUT2D eigenvalue weighted by Gasteiger charge is -2.17. The highest BCUT2D eigenvalue weighted by Crippen LogP contribution is 2.16. The van der Waals surface area contributed by atoms with Crippen LogP contribution in [0, 0.1) is 0 Å². The minimum atomic E-state index is 0.905. The van der Waals surface area contributed by atoms with Crippen LogP contribution in [0.2, 0.25) is 0 Å². The van der Waals surface area contributed by atoms with E-state index in [0.717, 1.165) is 29.8 Å². The van der Waals surface area contributed by atoms with Crippen LogP contribution in [0.1, 0.15) is 11.4 Å². The summed E-state index contributed by atoms with van der Waals surface area (Å²) in [5.41, 5.74) is 0. The predicted octanol–water partition coefficient (Wildman–Crippen LogP) is 0.717. The summed E-state index contributed by atoms with van der Waals surface area (Å²) in [6.07, 6.45) is 1.24. The van der Waals surface area contributed by atoms with Crippen molar-refractivity contribution < 1.29 is 0 Å². The molecule has 90 valence electrons. The maximum Gasteiger partial charge on any atom is 0.205 e. The lowest BCUT2D eigenvalue weighted by atomic mass is 10.4. The second-order valence-electron chi connectivity index (χ2n) is 4.18. The number of rotatable bonds is 3. The summed E-state index contributed by atoms with van der Waals surface area (Å²) in [4.78, 5) is 4.85. The van der Waals surface area contributed by atoms with Crippen molar-refractivity contribution in [1.29, 1.82) is 0 Å². The van der Waals surface area contributed by atoms with Crippen molar-refractivity contribution in [2.75, 3.05) is 45.6 Å². The molecule has 1 N–H and O–H groups in total. The number of anilines is 1. The Morgan fingerprint density at radius 1 is 1.25 bits per heavy atom. The smallest absolute Gasteiger partial charge is 0.205 e. The third kappa shape index (κ3) is 3.13. The molecule has 0 unspecified atom stereocenters. The molecule has 0 aliphatic carbocycles. The monoisotopic (exact) mass is 241 g/mol. The van der Waals surface area contributed by atoms with Gasteiger partial charge in [-0.2, -0.15) is 0 Å². The van der Waals surface area contributed by atoms with E-state index in [1.165, 1.54) is 19.5 Å². The Balaban J connectivity index is 1.88. The van der Waals surface area contributed by atoms with E-state index in [1.54, 1.807) is 11.3 Å². The molecule has 0 amide bonds. The topological polar surface area (TPSA) is 44.3 Å². The average Bonchev–Trinajstić information content (AvgIpc) is 2.63. The van der Waals surface area contributed by atoms with Gasteiger partial charge in [0.05, 0.1) is 6.54 Å². The maximum atomic E-state index is 4.18. The summed E-state index contributed by atoms with van der Waals surface area (Å²) in [7, 11) is 4.07. The van der Waals surface area contributed by atoms with Gasteiger partial charge < -0.3 is 10.2 Å². The quantitative estimate of drug-likeness (QED) is 0.844. The van der Waals surface area contributed by atoms with Crippen LogP contribution < -0.4 is 5.32 Å². The lowest BCUT2D eigenvalue weighted by molar-refractivity contribution is 0.268. The van der Waals surface area contributed by atoms with Crippen molar-refractivity contribution >= 4 is 16.5 Å². The standard InChI is InChI=1S/C10H19N5S/c1-11-10-13-12-9(16-10)8-15-5-3-4-14(2)6-7-15/h3-8H2,1-2H3,(H,11,13). The first-order valence-corrected chi connectivity index (χ1v) is 6.50. The first-order valence-electron chi connectivity index (χ1n) is 5.69. The van der Waals surface area contributed by atoms with Gasteiger partial charge in [-0.25, -0.2) is 0 Å². The van der Waals surface area contributed by atoms with Gasteiger partial charge in [0, 0.05) is 20.1 Å². The summed E-state index contributed by atoms with van der Waals surface area (Å²) in [6, 6.07) is 0. The zero-order valence-corrected chi connectivity index (χ0v) is 10.8. The van der Waals surface area contributed by atoms with Crippen LogP contribution in [0.3, 0.4) is 0 Å². The molecule has 2 heterocycles. The van der Waals surface area contributed by atoms with Crippen LogP contribution in [0.15, 0.2) is 0 Å². The third-order valence-electron chi connectivity index (χ3n) is 2.85. The molecule has 1 aliphatic heterocycles. The highest BCUT2D eigenvalue weighted by molar-refractivity contribution is 7.15. The van der Waals surface area contributed by atoms with Crippen LogP contribution >= 0.6 is 11.3 Å². The van der Waals surface area contributed by atoms with E-state index in [1.807, 2.05) is 7.05 Å². The Labute approximate surface area is 100 Å². The first-order chi connectivity index (χ1) is 7.78. The molecular weight excluding hydrogens is 222 g/mol. The van der Waals surface area contributed by atoms with Crippen molar-refractivity contribution in [3.63, 3.8) is 0 Å². The minimum Gasteiger partial charge on any atom is -0.363 e. The molecule has 1 aliphatic rings. The molecular formula is C10H19N5S. The Hall–Kier alpha value is -0.720. The summed E-state index contributed by atoms with van der Waals surface area (Å²) in [5.74, 6) is 0. The number of nitrogens with one attached hydrogen (secondary N) is 1. The van der Waals surface area contributed by atoms with Gasteiger partial charge in [-0.15, -0.1) is 10.2 Å². The number of likely N-dealkylation sites (N-methyl/N-ethyl adjacent to an activating group) is 1. The Kier molecular flexibility index (Phi) is 4.09. The van der Waals surface area contributed by atoms with E-state index in [2.05, 4.69) is 32.4 Å². The molecule has 1 aromatic heterocycles. The van der Waals surface area contributed by atoms with Gasteiger partial charge in [0.1, 0.15) is 5.01 Å². The summed E-state index contributed by atoms with van der Waals surface area (Å²) in [6.45, 7) is 5.59. The molecule has 0 radical (unpaired) electrons. The van der Waals surface area contributed by atoms with E-state index in [0.29, 0.717) is 0 Å². The molecule has 2 rings (SSSR count). The van der Waals surface area contributed by atoms with E-state index in [9.17, 15) is 0 Å². The zero-order chi connectivity index (χ0) is 11.4. The lowest BCUT2D eigenvalue weighted by Crippen LogP contribution is -2.28. The predicted molar refractivity (Wildman–Crippen MR) is 66.8 cm³/mol. The van der Waals surface area contributed by atoms with Gasteiger partial charge in [-0.3, -0.25) is 4.90 Å². The SMILES string of the molecule is CNc1nnc(CN2CCCN(C)CC2)s1. The van der Waals surface area contributed by atoms with Gasteiger partial charge >= 0.3 is 0 Å². The minimum absolute atomic E-state index is 0.905. The van der Waals surface area contributed by atoms with Gasteiger partial charge in [0.15, 0.2) is 0 Å². The van der Waals surface area contributed by atoms with Crippen molar-refractivity contribution in [2.45, 2.75) is 13.0 Å². The highest BCUT2D eigenvalue weighted by Gasteiger charge is 2.14. The molecule has 1 saturated heterocycles. The number of aromatic nitrogens is 2. The Bertz CT molecular complexity index is 327. The molecule has 6 heteroatoms. The third-order valence-corrected chi connectivity index (χ3v) is 3.78. The number of nitrogens with zero attached hydrogens (tertiary/aromatic N) is 4. The molecule has 0 aromatic carbocycles. The van der Waals surface area contributed by atoms with E-state index in [-0.39, 0.29) is 0 Å². The maximum absolute atomic E-state index is 4.18. The van der Waals surface area contributed by atoms with Crippen LogP contribution in [0.25, 0.3) is 0 Å². The second kappa shape index (κ2) is 5.56. The van der Waals surface area contributed by atoms with Crippen LogP contribution in [-0.4, -0.2) is 60.3 Å². The van der Waals surface area contributed by atoms with Gasteiger partial charge in [0.25, 0.3) is 0 Å². The van der Waals surface area contributed by atoms with Crippen LogP contribution in [0.4, 0.5) is 5.13 Å². The first kappa shape index (κ1) is 11.8. The highest BCUT2D eigenvalue weighted by atomic mass is 32.1. The van der Waals surface area contributed by atoms with Gasteiger partial charge in [0.2, 0.25) is 5.13 Å². The van der Waals surface area contributed by atoms with E-state index < -0.39 is 0 Å². The Morgan fingerprint density at radius 3 is 2.88 bits per heavy atom. The van der Waals surface area contributed by atoms with Crippen molar-refractivity contribution in [1.82, 2.24) is 20.0 Å². The summed E-state index contributed by atoms with van der Waals surface area (Å²) >= 11 is 1.65. The average molecular weight is 241 g/mol. The van der Waals surface area contributed by atoms with Crippen molar-refractivity contribution in [3.05, 3.63) is 5.01 Å². The van der Waals surface area contributed by atoms with E-state index in [4.69, 9.17) is 0 Å². The fraction of sp³-hybridized carbons (Fsp3) is 0.800. The molecule has 0 spiro atoms. The molecule has 0 atom stereocenters. The van der Waals surface area contributed by atoms with E-state index >= 15 is 0 Å². The molecule has 0 bridgehead atoms.